The third-order valence-corrected chi connectivity index (χ3v) is 6.23. The number of rotatable bonds is 11. The van der Waals surface area contributed by atoms with Crippen LogP contribution in [-0.2, 0) is 17.8 Å². The van der Waals surface area contributed by atoms with Crippen LogP contribution in [0.1, 0.15) is 39.2 Å². The summed E-state index contributed by atoms with van der Waals surface area (Å²) in [5.41, 5.74) is 5.21. The highest BCUT2D eigenvalue weighted by molar-refractivity contribution is 7.15. The number of nitrogens with one attached hydrogen (secondary N) is 2. The van der Waals surface area contributed by atoms with E-state index in [1.165, 1.54) is 18.5 Å². The summed E-state index contributed by atoms with van der Waals surface area (Å²) in [6.45, 7) is 4.64. The standard InChI is InChI=1S/C26H24ClN5O5S/c1-3-35-21-12-17(11-19(27)24(21)37-15-18-8-5-4-7-16(18)2)14-28-30-22(33)13-23-31-32-26(38-23)29-25(34)20-9-6-10-36-20/h4-12,14H,3,13,15H2,1-2H3,(H,30,33)(H,29,32,34)/b28-14+. The molecular weight excluding hydrogens is 530 g/mol. The average Bonchev–Trinajstić information content (AvgIpc) is 3.57. The summed E-state index contributed by atoms with van der Waals surface area (Å²) < 4.78 is 16.7. The molecule has 10 nitrogen and oxygen atoms in total. The summed E-state index contributed by atoms with van der Waals surface area (Å²) >= 11 is 7.57. The van der Waals surface area contributed by atoms with E-state index in [0.717, 1.165) is 22.5 Å². The average molecular weight is 554 g/mol. The van der Waals surface area contributed by atoms with Gasteiger partial charge in [-0.15, -0.1) is 10.2 Å². The van der Waals surface area contributed by atoms with E-state index < -0.39 is 11.8 Å². The maximum absolute atomic E-state index is 12.3. The highest BCUT2D eigenvalue weighted by Crippen LogP contribution is 2.37. The number of benzene rings is 2. The number of hydrazone groups is 1. The van der Waals surface area contributed by atoms with Crippen LogP contribution in [0.25, 0.3) is 0 Å². The smallest absolute Gasteiger partial charge is 0.293 e. The highest BCUT2D eigenvalue weighted by Gasteiger charge is 2.15. The number of amides is 2. The highest BCUT2D eigenvalue weighted by atomic mass is 35.5. The summed E-state index contributed by atoms with van der Waals surface area (Å²) in [4.78, 5) is 24.3. The van der Waals surface area contributed by atoms with Gasteiger partial charge in [-0.05, 0) is 54.8 Å². The first-order chi connectivity index (χ1) is 18.4. The molecule has 2 heterocycles. The maximum Gasteiger partial charge on any atom is 0.293 e. The van der Waals surface area contributed by atoms with Gasteiger partial charge in [-0.2, -0.15) is 5.10 Å². The minimum Gasteiger partial charge on any atom is -0.490 e. The van der Waals surface area contributed by atoms with Crippen molar-refractivity contribution in [3.63, 3.8) is 0 Å². The molecule has 0 spiro atoms. The van der Waals surface area contributed by atoms with Gasteiger partial charge >= 0.3 is 0 Å². The van der Waals surface area contributed by atoms with Gasteiger partial charge in [0.15, 0.2) is 17.3 Å². The molecule has 0 aliphatic rings. The fourth-order valence-electron chi connectivity index (χ4n) is 3.29. The molecule has 2 amide bonds. The van der Waals surface area contributed by atoms with Gasteiger partial charge in [-0.3, -0.25) is 14.9 Å². The number of aromatic nitrogens is 2. The monoisotopic (exact) mass is 553 g/mol. The SMILES string of the molecule is CCOc1cc(/C=N/NC(=O)Cc2nnc(NC(=O)c3ccco3)s2)cc(Cl)c1OCc1ccccc1C. The van der Waals surface area contributed by atoms with E-state index in [-0.39, 0.29) is 17.3 Å². The number of nitrogens with zero attached hydrogens (tertiary/aromatic N) is 3. The number of anilines is 1. The number of furan rings is 1. The zero-order valence-corrected chi connectivity index (χ0v) is 22.1. The Bertz CT molecular complexity index is 1440. The molecule has 4 aromatic rings. The van der Waals surface area contributed by atoms with E-state index in [9.17, 15) is 9.59 Å². The lowest BCUT2D eigenvalue weighted by Crippen LogP contribution is -2.19. The number of halogens is 1. The number of carbonyl (C=O) groups is 2. The van der Waals surface area contributed by atoms with Crippen molar-refractivity contribution in [2.24, 2.45) is 5.10 Å². The fourth-order valence-corrected chi connectivity index (χ4v) is 4.29. The van der Waals surface area contributed by atoms with Gasteiger partial charge < -0.3 is 13.9 Å². The predicted molar refractivity (Wildman–Crippen MR) is 144 cm³/mol. The van der Waals surface area contributed by atoms with E-state index in [1.807, 2.05) is 38.1 Å². The second kappa shape index (κ2) is 12.8. The number of ether oxygens (including phenoxy) is 2. The lowest BCUT2D eigenvalue weighted by atomic mass is 10.1. The number of hydrogen-bond acceptors (Lipinski definition) is 9. The van der Waals surface area contributed by atoms with Crippen LogP contribution in [0.5, 0.6) is 11.5 Å². The normalized spacial score (nSPS) is 10.9. The summed E-state index contributed by atoms with van der Waals surface area (Å²) in [6, 6.07) is 14.5. The first kappa shape index (κ1) is 26.8. The molecule has 0 bridgehead atoms. The van der Waals surface area contributed by atoms with Crippen LogP contribution in [0.15, 0.2) is 64.3 Å². The zero-order chi connectivity index (χ0) is 26.9. The maximum atomic E-state index is 12.3. The molecule has 0 saturated carbocycles. The lowest BCUT2D eigenvalue weighted by Gasteiger charge is -2.15. The number of aryl methyl sites for hydroxylation is 1. The molecule has 38 heavy (non-hydrogen) atoms. The van der Waals surface area contributed by atoms with E-state index in [0.29, 0.717) is 40.3 Å². The third-order valence-electron chi connectivity index (χ3n) is 5.11. The van der Waals surface area contributed by atoms with Crippen LogP contribution < -0.4 is 20.2 Å². The van der Waals surface area contributed by atoms with Crippen molar-refractivity contribution in [2.75, 3.05) is 11.9 Å². The largest absolute Gasteiger partial charge is 0.490 e. The van der Waals surface area contributed by atoms with E-state index >= 15 is 0 Å². The van der Waals surface area contributed by atoms with E-state index in [1.54, 1.807) is 18.2 Å². The van der Waals surface area contributed by atoms with E-state index in [4.69, 9.17) is 25.5 Å². The number of hydrogen-bond donors (Lipinski definition) is 2. The Morgan fingerprint density at radius 3 is 2.76 bits per heavy atom. The Balaban J connectivity index is 1.34. The van der Waals surface area contributed by atoms with Crippen LogP contribution in [-0.4, -0.2) is 34.8 Å². The molecule has 0 fully saturated rings. The van der Waals surface area contributed by atoms with Crippen LogP contribution in [0.4, 0.5) is 5.13 Å². The molecule has 0 radical (unpaired) electrons. The van der Waals surface area contributed by atoms with Gasteiger partial charge in [0.25, 0.3) is 5.91 Å². The van der Waals surface area contributed by atoms with Crippen molar-refractivity contribution in [2.45, 2.75) is 26.9 Å². The van der Waals surface area contributed by atoms with Gasteiger partial charge in [0.1, 0.15) is 11.6 Å². The van der Waals surface area contributed by atoms with Crippen LogP contribution in [0.3, 0.4) is 0 Å². The van der Waals surface area contributed by atoms with Gasteiger partial charge in [0.05, 0.1) is 30.5 Å². The van der Waals surface area contributed by atoms with Gasteiger partial charge in [0.2, 0.25) is 11.0 Å². The molecule has 0 unspecified atom stereocenters. The van der Waals surface area contributed by atoms with Crippen molar-refractivity contribution < 1.29 is 23.5 Å². The quantitative estimate of drug-likeness (QED) is 0.197. The second-order valence-corrected chi connectivity index (χ2v) is 9.35. The molecular formula is C26H24ClN5O5S. The Hall–Kier alpha value is -4.22. The minimum atomic E-state index is -0.455. The first-order valence-electron chi connectivity index (χ1n) is 11.6. The van der Waals surface area contributed by atoms with Crippen LogP contribution in [0, 0.1) is 6.92 Å². The molecule has 0 aliphatic heterocycles. The summed E-state index contributed by atoms with van der Waals surface area (Å²) in [5, 5.41) is 15.4. The molecule has 0 aliphatic carbocycles. The van der Waals surface area contributed by atoms with Gasteiger partial charge in [-0.1, -0.05) is 47.2 Å². The van der Waals surface area contributed by atoms with Gasteiger partial charge in [-0.25, -0.2) is 5.43 Å². The van der Waals surface area contributed by atoms with E-state index in [2.05, 4.69) is 26.0 Å². The molecule has 2 N–H and O–H groups in total. The Labute approximate surface area is 227 Å². The van der Waals surface area contributed by atoms with Crippen molar-refractivity contribution in [1.29, 1.82) is 0 Å². The van der Waals surface area contributed by atoms with Crippen molar-refractivity contribution in [1.82, 2.24) is 15.6 Å². The Kier molecular flexibility index (Phi) is 9.07. The second-order valence-electron chi connectivity index (χ2n) is 7.88. The first-order valence-corrected chi connectivity index (χ1v) is 12.7. The summed E-state index contributed by atoms with van der Waals surface area (Å²) in [6.07, 6.45) is 2.78. The van der Waals surface area contributed by atoms with Crippen molar-refractivity contribution >= 4 is 46.1 Å². The molecule has 0 saturated heterocycles. The summed E-state index contributed by atoms with van der Waals surface area (Å²) in [5.74, 6) is 0.190. The fraction of sp³-hybridized carbons (Fsp3) is 0.192. The molecule has 196 valence electrons. The predicted octanol–water partition coefficient (Wildman–Crippen LogP) is 5.02. The molecule has 12 heteroatoms. The number of carbonyl (C=O) groups excluding carboxylic acids is 2. The van der Waals surface area contributed by atoms with Crippen molar-refractivity contribution in [3.05, 3.63) is 87.3 Å². The van der Waals surface area contributed by atoms with Crippen LogP contribution >= 0.6 is 22.9 Å². The van der Waals surface area contributed by atoms with Crippen LogP contribution in [0.2, 0.25) is 5.02 Å². The van der Waals surface area contributed by atoms with Crippen molar-refractivity contribution in [3.8, 4) is 11.5 Å². The topological polar surface area (TPSA) is 128 Å². The van der Waals surface area contributed by atoms with Gasteiger partial charge in [0, 0.05) is 0 Å². The molecule has 0 atom stereocenters. The summed E-state index contributed by atoms with van der Waals surface area (Å²) in [7, 11) is 0. The lowest BCUT2D eigenvalue weighted by molar-refractivity contribution is -0.120. The third kappa shape index (κ3) is 7.17. The Morgan fingerprint density at radius 2 is 2.00 bits per heavy atom. The molecule has 2 aromatic heterocycles. The molecule has 2 aromatic carbocycles. The molecule has 4 rings (SSSR count). The minimum absolute atomic E-state index is 0.0672. The zero-order valence-electron chi connectivity index (χ0n) is 20.6. The Morgan fingerprint density at radius 1 is 1.16 bits per heavy atom.